The first kappa shape index (κ1) is 16.5. The zero-order valence-corrected chi connectivity index (χ0v) is 13.8. The van der Waals surface area contributed by atoms with E-state index in [2.05, 4.69) is 0 Å². The van der Waals surface area contributed by atoms with E-state index in [9.17, 15) is 14.4 Å². The maximum Gasteiger partial charge on any atom is 0.247 e. The van der Waals surface area contributed by atoms with Crippen LogP contribution in [0.25, 0.3) is 0 Å². The summed E-state index contributed by atoms with van der Waals surface area (Å²) in [5, 5.41) is -0.293. The molecule has 0 spiro atoms. The smallest absolute Gasteiger partial charge is 0.247 e. The number of hydrogen-bond acceptors (Lipinski definition) is 4. The fourth-order valence-corrected chi connectivity index (χ4v) is 3.28. The number of thioether (sulfide) groups is 1. The van der Waals surface area contributed by atoms with Gasteiger partial charge in [-0.25, -0.2) is 4.90 Å². The monoisotopic (exact) mass is 320 g/mol. The van der Waals surface area contributed by atoms with E-state index in [0.717, 1.165) is 5.56 Å². The first-order chi connectivity index (χ1) is 10.3. The summed E-state index contributed by atoms with van der Waals surface area (Å²) in [5.74, 6) is -0.697. The summed E-state index contributed by atoms with van der Waals surface area (Å²) in [7, 11) is 0. The predicted molar refractivity (Wildman–Crippen MR) is 87.7 cm³/mol. The molecule has 1 fully saturated rings. The Morgan fingerprint density at radius 3 is 2.36 bits per heavy atom. The Labute approximate surface area is 134 Å². The molecule has 3 amide bonds. The zero-order valence-electron chi connectivity index (χ0n) is 13.0. The predicted octanol–water partition coefficient (Wildman–Crippen LogP) is 1.83. The summed E-state index contributed by atoms with van der Waals surface area (Å²) < 4.78 is 0. The fourth-order valence-electron chi connectivity index (χ4n) is 2.66. The third kappa shape index (κ3) is 3.16. The number of nitrogens with two attached hydrogens (primary N) is 1. The van der Waals surface area contributed by atoms with Crippen LogP contribution in [0.5, 0.6) is 0 Å². The lowest BCUT2D eigenvalue weighted by atomic mass is 9.81. The normalized spacial score (nSPS) is 18.9. The Bertz CT molecular complexity index is 610. The molecule has 0 saturated carbocycles. The number of hydrogen-bond donors (Lipinski definition) is 1. The van der Waals surface area contributed by atoms with Gasteiger partial charge in [0.25, 0.3) is 0 Å². The molecule has 0 aliphatic carbocycles. The van der Waals surface area contributed by atoms with Crippen LogP contribution in [0, 0.1) is 0 Å². The highest BCUT2D eigenvalue weighted by Gasteiger charge is 2.39. The van der Waals surface area contributed by atoms with Gasteiger partial charge in [0.2, 0.25) is 17.7 Å². The minimum atomic E-state index is -0.384. The zero-order chi connectivity index (χ0) is 16.5. The fraction of sp³-hybridized carbons (Fsp3) is 0.438. The Morgan fingerprint density at radius 2 is 1.91 bits per heavy atom. The minimum absolute atomic E-state index is 0.165. The highest BCUT2D eigenvalue weighted by molar-refractivity contribution is 8.00. The molecule has 5 nitrogen and oxygen atoms in total. The van der Waals surface area contributed by atoms with Crippen molar-refractivity contribution < 1.29 is 14.4 Å². The van der Waals surface area contributed by atoms with Crippen LogP contribution in [0.3, 0.4) is 0 Å². The van der Waals surface area contributed by atoms with Crippen molar-refractivity contribution in [3.63, 3.8) is 0 Å². The van der Waals surface area contributed by atoms with Crippen molar-refractivity contribution in [2.45, 2.75) is 37.4 Å². The Morgan fingerprint density at radius 1 is 1.32 bits per heavy atom. The molecule has 1 aliphatic heterocycles. The van der Waals surface area contributed by atoms with Gasteiger partial charge in [-0.05, 0) is 29.4 Å². The molecule has 1 saturated heterocycles. The molecule has 0 aromatic heterocycles. The number of primary amides is 1. The Kier molecular flexibility index (Phi) is 4.60. The standard InChI is InChI=1S/C16H20N2O3S/c1-16(2,9-13(17)19)10-4-6-11(7-5-10)18-14(20)8-12(22-3)15(18)21/h4-7,12H,8-9H2,1-3H3,(H2,17,19). The highest BCUT2D eigenvalue weighted by atomic mass is 32.2. The van der Waals surface area contributed by atoms with E-state index in [-0.39, 0.29) is 41.2 Å². The lowest BCUT2D eigenvalue weighted by Gasteiger charge is -2.24. The van der Waals surface area contributed by atoms with Gasteiger partial charge in [0.1, 0.15) is 0 Å². The second kappa shape index (κ2) is 6.12. The maximum atomic E-state index is 12.2. The number of nitrogens with zero attached hydrogens (tertiary/aromatic N) is 1. The van der Waals surface area contributed by atoms with Crippen molar-refractivity contribution in [2.24, 2.45) is 5.73 Å². The van der Waals surface area contributed by atoms with Crippen molar-refractivity contribution >= 4 is 35.2 Å². The Hall–Kier alpha value is -1.82. The first-order valence-electron chi connectivity index (χ1n) is 7.04. The summed E-state index contributed by atoms with van der Waals surface area (Å²) in [6.45, 7) is 3.87. The van der Waals surface area contributed by atoms with Crippen LogP contribution in [0.15, 0.2) is 24.3 Å². The lowest BCUT2D eigenvalue weighted by Crippen LogP contribution is -2.31. The van der Waals surface area contributed by atoms with E-state index in [4.69, 9.17) is 5.73 Å². The molecule has 22 heavy (non-hydrogen) atoms. The average molecular weight is 320 g/mol. The molecule has 1 unspecified atom stereocenters. The largest absolute Gasteiger partial charge is 0.370 e. The molecule has 2 rings (SSSR count). The lowest BCUT2D eigenvalue weighted by molar-refractivity contribution is -0.121. The van der Waals surface area contributed by atoms with Crippen molar-refractivity contribution in [1.82, 2.24) is 0 Å². The van der Waals surface area contributed by atoms with Gasteiger partial charge < -0.3 is 5.73 Å². The number of anilines is 1. The van der Waals surface area contributed by atoms with E-state index in [1.165, 1.54) is 16.7 Å². The number of carbonyl (C=O) groups is 3. The van der Waals surface area contributed by atoms with Crippen molar-refractivity contribution in [3.05, 3.63) is 29.8 Å². The van der Waals surface area contributed by atoms with Gasteiger partial charge in [-0.1, -0.05) is 26.0 Å². The van der Waals surface area contributed by atoms with Gasteiger partial charge in [-0.2, -0.15) is 11.8 Å². The van der Waals surface area contributed by atoms with Gasteiger partial charge in [0.15, 0.2) is 0 Å². The average Bonchev–Trinajstić information content (AvgIpc) is 2.72. The van der Waals surface area contributed by atoms with Crippen LogP contribution in [-0.4, -0.2) is 29.2 Å². The summed E-state index contributed by atoms with van der Waals surface area (Å²) in [6, 6.07) is 7.17. The molecular weight excluding hydrogens is 300 g/mol. The van der Waals surface area contributed by atoms with E-state index in [1.807, 2.05) is 32.2 Å². The van der Waals surface area contributed by atoms with Gasteiger partial charge in [0.05, 0.1) is 10.9 Å². The number of rotatable bonds is 5. The van der Waals surface area contributed by atoms with Crippen LogP contribution in [0.4, 0.5) is 5.69 Å². The highest BCUT2D eigenvalue weighted by Crippen LogP contribution is 2.32. The number of carbonyl (C=O) groups excluding carboxylic acids is 3. The molecule has 1 aromatic carbocycles. The SMILES string of the molecule is CSC1CC(=O)N(c2ccc(C(C)(C)CC(N)=O)cc2)C1=O. The van der Waals surface area contributed by atoms with Crippen molar-refractivity contribution in [2.75, 3.05) is 11.2 Å². The van der Waals surface area contributed by atoms with Gasteiger partial charge >= 0.3 is 0 Å². The quantitative estimate of drug-likeness (QED) is 0.839. The molecule has 1 atom stereocenters. The van der Waals surface area contributed by atoms with Gasteiger partial charge in [0, 0.05) is 12.8 Å². The summed E-state index contributed by atoms with van der Waals surface area (Å²) >= 11 is 1.39. The number of benzene rings is 1. The molecule has 1 heterocycles. The van der Waals surface area contributed by atoms with Gasteiger partial charge in [-0.3, -0.25) is 14.4 Å². The minimum Gasteiger partial charge on any atom is -0.370 e. The topological polar surface area (TPSA) is 80.5 Å². The van der Waals surface area contributed by atoms with Crippen LogP contribution in [0.2, 0.25) is 0 Å². The van der Waals surface area contributed by atoms with Crippen LogP contribution < -0.4 is 10.6 Å². The summed E-state index contributed by atoms with van der Waals surface area (Å²) in [4.78, 5) is 36.6. The Balaban J connectivity index is 2.24. The molecule has 1 aromatic rings. The van der Waals surface area contributed by atoms with Crippen LogP contribution >= 0.6 is 11.8 Å². The second-order valence-corrected chi connectivity index (χ2v) is 7.11. The van der Waals surface area contributed by atoms with Crippen LogP contribution in [-0.2, 0) is 19.8 Å². The van der Waals surface area contributed by atoms with E-state index >= 15 is 0 Å². The third-order valence-corrected chi connectivity index (χ3v) is 4.85. The first-order valence-corrected chi connectivity index (χ1v) is 8.33. The summed E-state index contributed by atoms with van der Waals surface area (Å²) in [5.41, 5.74) is 6.40. The maximum absolute atomic E-state index is 12.2. The molecule has 0 bridgehead atoms. The van der Waals surface area contributed by atoms with Crippen LogP contribution in [0.1, 0.15) is 32.3 Å². The van der Waals surface area contributed by atoms with Crippen molar-refractivity contribution in [3.8, 4) is 0 Å². The molecule has 0 radical (unpaired) electrons. The summed E-state index contributed by atoms with van der Waals surface area (Å²) in [6.07, 6.45) is 2.31. The molecule has 6 heteroatoms. The van der Waals surface area contributed by atoms with E-state index in [0.29, 0.717) is 5.69 Å². The molecular formula is C16H20N2O3S. The second-order valence-electron chi connectivity index (χ2n) is 6.07. The van der Waals surface area contributed by atoms with E-state index < -0.39 is 0 Å². The van der Waals surface area contributed by atoms with E-state index in [1.54, 1.807) is 12.1 Å². The number of amides is 3. The van der Waals surface area contributed by atoms with Crippen molar-refractivity contribution in [1.29, 1.82) is 0 Å². The third-order valence-electron chi connectivity index (χ3n) is 3.91. The number of imide groups is 1. The van der Waals surface area contributed by atoms with Gasteiger partial charge in [-0.15, -0.1) is 0 Å². The molecule has 118 valence electrons. The molecule has 1 aliphatic rings. The molecule has 2 N–H and O–H groups in total.